The van der Waals surface area contributed by atoms with Crippen molar-refractivity contribution >= 4 is 28.5 Å². The smallest absolute Gasteiger partial charge is 0.251 e. The van der Waals surface area contributed by atoms with Gasteiger partial charge in [-0.1, -0.05) is 0 Å². The minimum atomic E-state index is -0.173. The Hall–Kier alpha value is -2.27. The van der Waals surface area contributed by atoms with Crippen molar-refractivity contribution in [2.75, 3.05) is 0 Å². The number of carbonyl (C=O) groups excluding carboxylic acids is 1. The Kier molecular flexibility index (Phi) is 3.90. The molecule has 0 spiro atoms. The number of furan rings is 1. The monoisotopic (exact) mass is 317 g/mol. The van der Waals surface area contributed by atoms with E-state index in [2.05, 4.69) is 10.3 Å². The zero-order chi connectivity index (χ0) is 15.7. The molecule has 2 aromatic heterocycles. The number of carbonyl (C=O) groups is 1. The zero-order valence-corrected chi connectivity index (χ0v) is 13.1. The summed E-state index contributed by atoms with van der Waals surface area (Å²) >= 11 is 6.16. The highest BCUT2D eigenvalue weighted by Gasteiger charge is 2.14. The van der Waals surface area contributed by atoms with Gasteiger partial charge in [-0.2, -0.15) is 0 Å². The molecule has 3 aromatic rings. The molecule has 0 saturated heterocycles. The number of halogens is 1. The summed E-state index contributed by atoms with van der Waals surface area (Å²) in [6.45, 7) is 4.43. The fourth-order valence-electron chi connectivity index (χ4n) is 2.38. The van der Waals surface area contributed by atoms with Gasteiger partial charge in [-0.3, -0.25) is 4.79 Å². The average Bonchev–Trinajstić information content (AvgIpc) is 3.09. The van der Waals surface area contributed by atoms with E-state index >= 15 is 0 Å². The van der Waals surface area contributed by atoms with E-state index in [0.717, 1.165) is 5.52 Å². The van der Waals surface area contributed by atoms with Gasteiger partial charge in [-0.25, -0.2) is 4.98 Å². The first-order valence-corrected chi connectivity index (χ1v) is 7.42. The summed E-state index contributed by atoms with van der Waals surface area (Å²) in [6, 6.07) is 9.20. The number of fused-ring (bicyclic) bond motifs is 1. The molecule has 0 aliphatic carbocycles. The first kappa shape index (κ1) is 14.7. The second-order valence-electron chi connectivity index (χ2n) is 5.31. The number of hydrogen-bond donors (Lipinski definition) is 1. The van der Waals surface area contributed by atoms with Crippen molar-refractivity contribution < 1.29 is 9.21 Å². The van der Waals surface area contributed by atoms with Crippen LogP contribution in [0.3, 0.4) is 0 Å². The summed E-state index contributed by atoms with van der Waals surface area (Å²) in [5, 5.41) is 3.24. The Morgan fingerprint density at radius 3 is 2.91 bits per heavy atom. The molecule has 5 nitrogen and oxygen atoms in total. The van der Waals surface area contributed by atoms with Gasteiger partial charge in [0.25, 0.3) is 5.91 Å². The molecule has 0 aliphatic heterocycles. The minimum absolute atomic E-state index is 0.173. The maximum absolute atomic E-state index is 12.2. The van der Waals surface area contributed by atoms with Crippen molar-refractivity contribution in [3.05, 3.63) is 53.2 Å². The third-order valence-corrected chi connectivity index (χ3v) is 3.69. The molecular weight excluding hydrogens is 302 g/mol. The molecule has 114 valence electrons. The first-order chi connectivity index (χ1) is 10.6. The standard InChI is InChI=1S/C16H16ClN3O2/c1-10(2)20-14-6-5-11(8-13(14)19-16(20)17)15(21)18-9-12-4-3-7-22-12/h3-8,10H,9H2,1-2H3,(H,18,21). The van der Waals surface area contributed by atoms with Crippen molar-refractivity contribution in [3.8, 4) is 0 Å². The number of hydrogen-bond acceptors (Lipinski definition) is 3. The lowest BCUT2D eigenvalue weighted by molar-refractivity contribution is 0.0948. The first-order valence-electron chi connectivity index (χ1n) is 7.04. The molecule has 2 heterocycles. The summed E-state index contributed by atoms with van der Waals surface area (Å²) in [6.07, 6.45) is 1.58. The molecule has 1 amide bonds. The van der Waals surface area contributed by atoms with Gasteiger partial charge in [-0.05, 0) is 55.8 Å². The van der Waals surface area contributed by atoms with Crippen molar-refractivity contribution in [1.82, 2.24) is 14.9 Å². The number of nitrogens with zero attached hydrogens (tertiary/aromatic N) is 2. The average molecular weight is 318 g/mol. The molecule has 0 bridgehead atoms. The Labute approximate surface area is 132 Å². The normalized spacial score (nSPS) is 11.3. The van der Waals surface area contributed by atoms with Gasteiger partial charge in [-0.15, -0.1) is 0 Å². The molecular formula is C16H16ClN3O2. The van der Waals surface area contributed by atoms with Gasteiger partial charge in [0.2, 0.25) is 5.28 Å². The van der Waals surface area contributed by atoms with E-state index in [1.54, 1.807) is 24.5 Å². The summed E-state index contributed by atoms with van der Waals surface area (Å²) < 4.78 is 7.12. The molecule has 1 N–H and O–H groups in total. The fraction of sp³-hybridized carbons (Fsp3) is 0.250. The number of amides is 1. The van der Waals surface area contributed by atoms with Crippen LogP contribution in [0.25, 0.3) is 11.0 Å². The predicted molar refractivity (Wildman–Crippen MR) is 85.0 cm³/mol. The Balaban J connectivity index is 1.84. The minimum Gasteiger partial charge on any atom is -0.467 e. The number of rotatable bonds is 4. The van der Waals surface area contributed by atoms with E-state index in [9.17, 15) is 4.79 Å². The van der Waals surface area contributed by atoms with Crippen molar-refractivity contribution in [3.63, 3.8) is 0 Å². The van der Waals surface area contributed by atoms with Gasteiger partial charge < -0.3 is 14.3 Å². The van der Waals surface area contributed by atoms with Crippen LogP contribution in [-0.4, -0.2) is 15.5 Å². The lowest BCUT2D eigenvalue weighted by Gasteiger charge is -2.09. The molecule has 0 saturated carbocycles. The largest absolute Gasteiger partial charge is 0.467 e. The molecule has 0 aliphatic rings. The van der Waals surface area contributed by atoms with E-state index in [1.807, 2.05) is 30.5 Å². The van der Waals surface area contributed by atoms with Crippen molar-refractivity contribution in [2.45, 2.75) is 26.4 Å². The number of nitrogens with one attached hydrogen (secondary N) is 1. The Morgan fingerprint density at radius 1 is 1.41 bits per heavy atom. The van der Waals surface area contributed by atoms with E-state index in [1.165, 1.54) is 0 Å². The van der Waals surface area contributed by atoms with Crippen LogP contribution in [0.15, 0.2) is 41.0 Å². The van der Waals surface area contributed by atoms with Crippen LogP contribution in [0.2, 0.25) is 5.28 Å². The SMILES string of the molecule is CC(C)n1c(Cl)nc2cc(C(=O)NCc3ccco3)ccc21. The lowest BCUT2D eigenvalue weighted by atomic mass is 10.2. The number of aromatic nitrogens is 2. The quantitative estimate of drug-likeness (QED) is 0.796. The summed E-state index contributed by atoms with van der Waals surface area (Å²) in [5.74, 6) is 0.537. The Morgan fingerprint density at radius 2 is 2.23 bits per heavy atom. The van der Waals surface area contributed by atoms with Gasteiger partial charge in [0.1, 0.15) is 5.76 Å². The maximum Gasteiger partial charge on any atom is 0.251 e. The molecule has 0 atom stereocenters. The van der Waals surface area contributed by atoms with Crippen LogP contribution in [0.5, 0.6) is 0 Å². The third-order valence-electron chi connectivity index (χ3n) is 3.43. The second kappa shape index (κ2) is 5.85. The highest BCUT2D eigenvalue weighted by molar-refractivity contribution is 6.29. The summed E-state index contributed by atoms with van der Waals surface area (Å²) in [4.78, 5) is 16.5. The number of benzene rings is 1. The molecule has 0 radical (unpaired) electrons. The molecule has 22 heavy (non-hydrogen) atoms. The van der Waals surface area contributed by atoms with Crippen LogP contribution < -0.4 is 5.32 Å². The van der Waals surface area contributed by atoms with Crippen LogP contribution in [0.4, 0.5) is 0 Å². The third kappa shape index (κ3) is 2.72. The molecule has 1 aromatic carbocycles. The van der Waals surface area contributed by atoms with Crippen LogP contribution in [-0.2, 0) is 6.54 Å². The van der Waals surface area contributed by atoms with E-state index in [4.69, 9.17) is 16.0 Å². The molecule has 6 heteroatoms. The van der Waals surface area contributed by atoms with Gasteiger partial charge >= 0.3 is 0 Å². The van der Waals surface area contributed by atoms with Gasteiger partial charge in [0.15, 0.2) is 0 Å². The van der Waals surface area contributed by atoms with Crippen LogP contribution in [0, 0.1) is 0 Å². The highest BCUT2D eigenvalue weighted by Crippen LogP contribution is 2.25. The molecule has 3 rings (SSSR count). The van der Waals surface area contributed by atoms with Crippen molar-refractivity contribution in [1.29, 1.82) is 0 Å². The van der Waals surface area contributed by atoms with Gasteiger partial charge in [0.05, 0.1) is 23.8 Å². The summed E-state index contributed by atoms with van der Waals surface area (Å²) in [5.41, 5.74) is 2.18. The van der Waals surface area contributed by atoms with Crippen LogP contribution >= 0.6 is 11.6 Å². The number of imidazole rings is 1. The fourth-order valence-corrected chi connectivity index (χ4v) is 2.76. The highest BCUT2D eigenvalue weighted by atomic mass is 35.5. The maximum atomic E-state index is 12.2. The predicted octanol–water partition coefficient (Wildman–Crippen LogP) is 3.79. The van der Waals surface area contributed by atoms with Crippen LogP contribution in [0.1, 0.15) is 36.0 Å². The van der Waals surface area contributed by atoms with E-state index < -0.39 is 0 Å². The zero-order valence-electron chi connectivity index (χ0n) is 12.3. The Bertz CT molecular complexity index is 806. The second-order valence-corrected chi connectivity index (χ2v) is 5.65. The summed E-state index contributed by atoms with van der Waals surface area (Å²) in [7, 11) is 0. The molecule has 0 fully saturated rings. The van der Waals surface area contributed by atoms with Crippen molar-refractivity contribution in [2.24, 2.45) is 0 Å². The topological polar surface area (TPSA) is 60.1 Å². The molecule has 0 unspecified atom stereocenters. The van der Waals surface area contributed by atoms with Gasteiger partial charge in [0, 0.05) is 11.6 Å². The van der Waals surface area contributed by atoms with E-state index in [0.29, 0.717) is 28.7 Å². The van der Waals surface area contributed by atoms with E-state index in [-0.39, 0.29) is 11.9 Å². The lowest BCUT2D eigenvalue weighted by Crippen LogP contribution is -2.22.